The van der Waals surface area contributed by atoms with Crippen LogP contribution in [-0.4, -0.2) is 25.8 Å². The summed E-state index contributed by atoms with van der Waals surface area (Å²) in [7, 11) is 0. The molecule has 0 aliphatic rings. The molecule has 2 aromatic rings. The average Bonchev–Trinajstić information content (AvgIpc) is 2.77. The van der Waals surface area contributed by atoms with Gasteiger partial charge in [-0.3, -0.25) is 9.67 Å². The Balaban J connectivity index is 2.27. The van der Waals surface area contributed by atoms with E-state index in [1.807, 2.05) is 0 Å². The lowest BCUT2D eigenvalue weighted by molar-refractivity contribution is -0.137. The Bertz CT molecular complexity index is 607. The van der Waals surface area contributed by atoms with Crippen molar-refractivity contribution in [2.24, 2.45) is 0 Å². The molecular formula is C11H8F3N3O2. The predicted octanol–water partition coefficient (Wildman–Crippen LogP) is 2.04. The van der Waals surface area contributed by atoms with E-state index in [4.69, 9.17) is 5.11 Å². The minimum Gasteiger partial charge on any atom is -0.478 e. The van der Waals surface area contributed by atoms with Crippen molar-refractivity contribution in [1.29, 1.82) is 0 Å². The molecule has 0 aliphatic carbocycles. The summed E-state index contributed by atoms with van der Waals surface area (Å²) >= 11 is 0. The summed E-state index contributed by atoms with van der Waals surface area (Å²) in [6, 6.07) is 2.77. The molecule has 0 unspecified atom stereocenters. The van der Waals surface area contributed by atoms with Crippen molar-refractivity contribution in [2.45, 2.75) is 12.7 Å². The Morgan fingerprint density at radius 2 is 2.16 bits per heavy atom. The highest BCUT2D eigenvalue weighted by Gasteiger charge is 2.32. The Morgan fingerprint density at radius 3 is 2.74 bits per heavy atom. The molecule has 2 heterocycles. The molecular weight excluding hydrogens is 263 g/mol. The summed E-state index contributed by atoms with van der Waals surface area (Å²) < 4.78 is 38.2. The first-order valence-corrected chi connectivity index (χ1v) is 5.15. The maximum atomic E-state index is 12.4. The van der Waals surface area contributed by atoms with Gasteiger partial charge in [0.25, 0.3) is 0 Å². The fraction of sp³-hybridized carbons (Fsp3) is 0.182. The van der Waals surface area contributed by atoms with E-state index < -0.39 is 17.7 Å². The van der Waals surface area contributed by atoms with Gasteiger partial charge >= 0.3 is 12.1 Å². The van der Waals surface area contributed by atoms with Crippen LogP contribution >= 0.6 is 0 Å². The van der Waals surface area contributed by atoms with E-state index >= 15 is 0 Å². The van der Waals surface area contributed by atoms with E-state index in [-0.39, 0.29) is 17.8 Å². The number of aromatic carboxylic acids is 1. The van der Waals surface area contributed by atoms with Gasteiger partial charge < -0.3 is 5.11 Å². The first-order valence-electron chi connectivity index (χ1n) is 5.15. The summed E-state index contributed by atoms with van der Waals surface area (Å²) in [4.78, 5) is 14.8. The monoisotopic (exact) mass is 271 g/mol. The maximum Gasteiger partial charge on any atom is 0.419 e. The van der Waals surface area contributed by atoms with Gasteiger partial charge in [-0.1, -0.05) is 0 Å². The molecule has 2 rings (SSSR count). The minimum atomic E-state index is -4.47. The van der Waals surface area contributed by atoms with Crippen LogP contribution in [0.3, 0.4) is 0 Å². The number of alkyl halides is 3. The van der Waals surface area contributed by atoms with Gasteiger partial charge in [-0.25, -0.2) is 4.79 Å². The Labute approximate surface area is 105 Å². The molecule has 19 heavy (non-hydrogen) atoms. The van der Waals surface area contributed by atoms with Crippen LogP contribution in [0.5, 0.6) is 0 Å². The molecule has 8 heteroatoms. The SMILES string of the molecule is O=C(O)c1cccnc1Cn1cc(C(F)(F)F)cn1. The fourth-order valence-electron chi connectivity index (χ4n) is 1.51. The van der Waals surface area contributed by atoms with Gasteiger partial charge in [-0.15, -0.1) is 0 Å². The molecule has 2 aromatic heterocycles. The molecule has 0 atom stereocenters. The van der Waals surface area contributed by atoms with Crippen LogP contribution in [0.1, 0.15) is 21.6 Å². The first kappa shape index (κ1) is 13.1. The molecule has 0 saturated heterocycles. The highest BCUT2D eigenvalue weighted by molar-refractivity contribution is 5.88. The number of hydrogen-bond acceptors (Lipinski definition) is 3. The zero-order valence-corrected chi connectivity index (χ0v) is 9.42. The van der Waals surface area contributed by atoms with Crippen molar-refractivity contribution in [2.75, 3.05) is 0 Å². The Kier molecular flexibility index (Phi) is 3.24. The highest BCUT2D eigenvalue weighted by Crippen LogP contribution is 2.28. The summed E-state index contributed by atoms with van der Waals surface area (Å²) in [6.07, 6.45) is -1.61. The molecule has 0 aromatic carbocycles. The van der Waals surface area contributed by atoms with Crippen LogP contribution in [0.25, 0.3) is 0 Å². The fourth-order valence-corrected chi connectivity index (χ4v) is 1.51. The number of halogens is 3. The maximum absolute atomic E-state index is 12.4. The van der Waals surface area contributed by atoms with E-state index in [0.717, 1.165) is 10.9 Å². The van der Waals surface area contributed by atoms with Gasteiger partial charge in [0.2, 0.25) is 0 Å². The zero-order chi connectivity index (χ0) is 14.0. The van der Waals surface area contributed by atoms with E-state index in [9.17, 15) is 18.0 Å². The number of carboxylic acid groups (broad SMARTS) is 1. The van der Waals surface area contributed by atoms with Gasteiger partial charge in [0, 0.05) is 12.4 Å². The van der Waals surface area contributed by atoms with E-state index in [1.54, 1.807) is 0 Å². The topological polar surface area (TPSA) is 68.0 Å². The first-order chi connectivity index (χ1) is 8.88. The van der Waals surface area contributed by atoms with Gasteiger partial charge in [0.1, 0.15) is 0 Å². The number of aromatic nitrogens is 3. The van der Waals surface area contributed by atoms with E-state index in [1.165, 1.54) is 18.3 Å². The zero-order valence-electron chi connectivity index (χ0n) is 9.42. The van der Waals surface area contributed by atoms with Crippen LogP contribution in [0.2, 0.25) is 0 Å². The summed E-state index contributed by atoms with van der Waals surface area (Å²) in [5.74, 6) is -1.19. The highest BCUT2D eigenvalue weighted by atomic mass is 19.4. The molecule has 100 valence electrons. The molecule has 0 saturated carbocycles. The molecule has 0 spiro atoms. The van der Waals surface area contributed by atoms with Gasteiger partial charge in [0.15, 0.2) is 0 Å². The molecule has 5 nitrogen and oxygen atoms in total. The van der Waals surface area contributed by atoms with Crippen LogP contribution in [0.4, 0.5) is 13.2 Å². The second kappa shape index (κ2) is 4.71. The van der Waals surface area contributed by atoms with Crippen LogP contribution in [-0.2, 0) is 12.7 Å². The van der Waals surface area contributed by atoms with E-state index in [2.05, 4.69) is 10.1 Å². The Hall–Kier alpha value is -2.38. The lowest BCUT2D eigenvalue weighted by Crippen LogP contribution is -2.09. The predicted molar refractivity (Wildman–Crippen MR) is 57.5 cm³/mol. The van der Waals surface area contributed by atoms with Crippen molar-refractivity contribution in [1.82, 2.24) is 14.8 Å². The van der Waals surface area contributed by atoms with Crippen LogP contribution in [0.15, 0.2) is 30.7 Å². The van der Waals surface area contributed by atoms with Gasteiger partial charge in [0.05, 0.1) is 29.6 Å². The van der Waals surface area contributed by atoms with Crippen molar-refractivity contribution in [3.05, 3.63) is 47.5 Å². The van der Waals surface area contributed by atoms with E-state index in [0.29, 0.717) is 6.20 Å². The second-order valence-corrected chi connectivity index (χ2v) is 3.73. The largest absolute Gasteiger partial charge is 0.478 e. The third-order valence-corrected chi connectivity index (χ3v) is 2.39. The molecule has 0 radical (unpaired) electrons. The van der Waals surface area contributed by atoms with Crippen LogP contribution in [0, 0.1) is 0 Å². The number of carboxylic acids is 1. The van der Waals surface area contributed by atoms with Crippen molar-refractivity contribution >= 4 is 5.97 Å². The van der Waals surface area contributed by atoms with Crippen molar-refractivity contribution < 1.29 is 23.1 Å². The number of carbonyl (C=O) groups is 1. The lowest BCUT2D eigenvalue weighted by Gasteiger charge is -2.05. The molecule has 0 bridgehead atoms. The number of hydrogen-bond donors (Lipinski definition) is 1. The number of pyridine rings is 1. The lowest BCUT2D eigenvalue weighted by atomic mass is 10.2. The standard InChI is InChI=1S/C11H8F3N3O2/c12-11(13,14)7-4-16-17(5-7)6-9-8(10(18)19)2-1-3-15-9/h1-5H,6H2,(H,18,19). The van der Waals surface area contributed by atoms with Gasteiger partial charge in [-0.05, 0) is 12.1 Å². The summed E-state index contributed by atoms with van der Waals surface area (Å²) in [6.45, 7) is -0.140. The summed E-state index contributed by atoms with van der Waals surface area (Å²) in [5, 5.41) is 12.5. The molecule has 0 amide bonds. The quantitative estimate of drug-likeness (QED) is 0.927. The number of nitrogens with zero attached hydrogens (tertiary/aromatic N) is 3. The van der Waals surface area contributed by atoms with Crippen molar-refractivity contribution in [3.8, 4) is 0 Å². The second-order valence-electron chi connectivity index (χ2n) is 3.73. The average molecular weight is 271 g/mol. The number of rotatable bonds is 3. The molecule has 0 aliphatic heterocycles. The smallest absolute Gasteiger partial charge is 0.419 e. The van der Waals surface area contributed by atoms with Gasteiger partial charge in [-0.2, -0.15) is 18.3 Å². The van der Waals surface area contributed by atoms with Crippen LogP contribution < -0.4 is 0 Å². The third-order valence-electron chi connectivity index (χ3n) is 2.39. The molecule has 0 fully saturated rings. The summed E-state index contributed by atoms with van der Waals surface area (Å²) in [5.41, 5.74) is -0.807. The minimum absolute atomic E-state index is 0.0634. The van der Waals surface area contributed by atoms with Crippen molar-refractivity contribution in [3.63, 3.8) is 0 Å². The Morgan fingerprint density at radius 1 is 1.42 bits per heavy atom. The third kappa shape index (κ3) is 2.90. The normalized spacial score (nSPS) is 11.5. The molecule has 1 N–H and O–H groups in total.